The molecule has 2 aliphatic rings. The van der Waals surface area contributed by atoms with Gasteiger partial charge in [0.2, 0.25) is 0 Å². The standard InChI is InChI=1S/C23H30N2O.2C8H6N2O.Al/c26-22-11-10-20(21-7-5-13-25-23(21)22)16-24-12-4-2-1-3-6-18-14-17-8-9-19(18)15-17;2*11-7-3-5-9-6-2-1-4-10-8(6)7;/h5,7-11,13,17-19,24,26H,1-4,6,12,14-16H2;2*1-5H,(H,9,11);/q;;;+3/p-3. The second-order valence-corrected chi connectivity index (χ2v) is 14.3. The van der Waals surface area contributed by atoms with Crippen LogP contribution in [0.1, 0.15) is 50.5 Å². The molecule has 1 fully saturated rings. The van der Waals surface area contributed by atoms with Crippen molar-refractivity contribution < 1.29 is 11.4 Å². The number of allylic oxidation sites excluding steroid dienone is 2. The average Bonchev–Trinajstić information content (AvgIpc) is 3.78. The Bertz CT molecular complexity index is 2000. The van der Waals surface area contributed by atoms with Crippen molar-refractivity contribution in [2.75, 3.05) is 6.54 Å². The van der Waals surface area contributed by atoms with Gasteiger partial charge in [0.05, 0.1) is 11.0 Å². The quantitative estimate of drug-likeness (QED) is 0.0666. The van der Waals surface area contributed by atoms with Gasteiger partial charge < -0.3 is 16.7 Å². The number of aromatic nitrogens is 5. The van der Waals surface area contributed by atoms with Gasteiger partial charge in [-0.15, -0.1) is 0 Å². The first-order chi connectivity index (χ1) is 24.3. The zero-order chi connectivity index (χ0) is 32.8. The highest BCUT2D eigenvalue weighted by molar-refractivity contribution is 6.40. The van der Waals surface area contributed by atoms with Crippen molar-refractivity contribution in [3.8, 4) is 17.2 Å². The molecule has 0 amide bonds. The smallest absolute Gasteiger partial charge is 0.576 e. The van der Waals surface area contributed by atoms with Crippen LogP contribution in [0.3, 0.4) is 0 Å². The average molecular weight is 667 g/mol. The van der Waals surface area contributed by atoms with E-state index in [1.807, 2.05) is 36.4 Å². The van der Waals surface area contributed by atoms with Crippen LogP contribution < -0.4 is 16.7 Å². The summed E-state index contributed by atoms with van der Waals surface area (Å²) in [6.45, 7) is 1.76. The molecule has 5 heterocycles. The summed E-state index contributed by atoms with van der Waals surface area (Å²) in [5, 5.41) is 4.70. The Morgan fingerprint density at radius 3 is 1.94 bits per heavy atom. The Hall–Kier alpha value is -4.62. The summed E-state index contributed by atoms with van der Waals surface area (Å²) in [6, 6.07) is 19.2. The molecule has 6 aromatic rings. The molecule has 246 valence electrons. The molecule has 1 saturated carbocycles. The van der Waals surface area contributed by atoms with Crippen molar-refractivity contribution in [2.45, 2.75) is 51.5 Å². The fraction of sp³-hybridized carbons (Fsp3) is 0.308. The maximum absolute atomic E-state index is 6.63. The number of pyridine rings is 5. The summed E-state index contributed by atoms with van der Waals surface area (Å²) in [5.41, 5.74) is 4.65. The second kappa shape index (κ2) is 14.9. The third kappa shape index (κ3) is 7.23. The number of unbranched alkanes of at least 4 members (excludes halogenated alkanes) is 3. The molecule has 0 saturated heterocycles. The van der Waals surface area contributed by atoms with Crippen molar-refractivity contribution in [2.24, 2.45) is 17.8 Å². The third-order valence-corrected chi connectivity index (χ3v) is 11.2. The van der Waals surface area contributed by atoms with E-state index < -0.39 is 15.1 Å². The molecule has 10 heteroatoms. The molecule has 2 aliphatic carbocycles. The minimum absolute atomic E-state index is 0.536. The molecule has 49 heavy (non-hydrogen) atoms. The summed E-state index contributed by atoms with van der Waals surface area (Å²) in [5.74, 6) is 4.37. The van der Waals surface area contributed by atoms with Crippen molar-refractivity contribution in [3.63, 3.8) is 0 Å². The first kappa shape index (κ1) is 31.6. The van der Waals surface area contributed by atoms with E-state index in [0.29, 0.717) is 28.3 Å². The van der Waals surface area contributed by atoms with Gasteiger partial charge >= 0.3 is 15.1 Å². The minimum atomic E-state index is -3.00. The van der Waals surface area contributed by atoms with E-state index in [-0.39, 0.29) is 0 Å². The van der Waals surface area contributed by atoms with Gasteiger partial charge in [0.15, 0.2) is 0 Å². The molecule has 8 rings (SSSR count). The van der Waals surface area contributed by atoms with Gasteiger partial charge in [-0.05, 0) is 104 Å². The monoisotopic (exact) mass is 666 g/mol. The lowest BCUT2D eigenvalue weighted by Gasteiger charge is -2.19. The van der Waals surface area contributed by atoms with Gasteiger partial charge in [-0.1, -0.05) is 43.5 Å². The van der Waals surface area contributed by atoms with Crippen LogP contribution in [-0.4, -0.2) is 46.6 Å². The molecule has 3 atom stereocenters. The van der Waals surface area contributed by atoms with E-state index in [4.69, 9.17) is 16.3 Å². The predicted octanol–water partition coefficient (Wildman–Crippen LogP) is 7.90. The van der Waals surface area contributed by atoms with Crippen LogP contribution in [0.5, 0.6) is 17.2 Å². The molecule has 0 radical (unpaired) electrons. The van der Waals surface area contributed by atoms with E-state index in [1.54, 1.807) is 43.1 Å². The number of hydrogen-bond acceptors (Lipinski definition) is 9. The molecule has 3 unspecified atom stereocenters. The molecular formula is C39H39AlN6O3. The van der Waals surface area contributed by atoms with E-state index in [1.165, 1.54) is 50.5 Å². The number of nitrogens with one attached hydrogen (secondary N) is 1. The zero-order valence-corrected chi connectivity index (χ0v) is 28.6. The predicted molar refractivity (Wildman–Crippen MR) is 192 cm³/mol. The number of rotatable bonds is 15. The maximum atomic E-state index is 6.63. The van der Waals surface area contributed by atoms with Gasteiger partial charge in [-0.3, -0.25) is 24.9 Å². The summed E-state index contributed by atoms with van der Waals surface area (Å²) >= 11 is -3.00. The maximum Gasteiger partial charge on any atom is 1.20 e. The van der Waals surface area contributed by atoms with E-state index >= 15 is 0 Å². The van der Waals surface area contributed by atoms with Gasteiger partial charge in [-0.25, -0.2) is 0 Å². The molecule has 1 aromatic carbocycles. The Morgan fingerprint density at radius 1 is 0.612 bits per heavy atom. The largest absolute Gasteiger partial charge is 1.20 e. The fourth-order valence-electron chi connectivity index (χ4n) is 7.40. The Labute approximate surface area is 291 Å². The Balaban J connectivity index is 0.951. The van der Waals surface area contributed by atoms with Crippen LogP contribution >= 0.6 is 0 Å². The summed E-state index contributed by atoms with van der Waals surface area (Å²) in [6.07, 6.45) is 22.9. The van der Waals surface area contributed by atoms with Crippen molar-refractivity contribution in [1.29, 1.82) is 0 Å². The topological polar surface area (TPSA) is 104 Å². The van der Waals surface area contributed by atoms with Crippen molar-refractivity contribution >= 4 is 48.1 Å². The highest BCUT2D eigenvalue weighted by atomic mass is 27.3. The van der Waals surface area contributed by atoms with Crippen LogP contribution in [0.2, 0.25) is 0 Å². The number of benzene rings is 1. The molecular weight excluding hydrogens is 627 g/mol. The van der Waals surface area contributed by atoms with Crippen molar-refractivity contribution in [3.05, 3.63) is 109 Å². The number of fused-ring (bicyclic) bond motifs is 5. The molecule has 9 nitrogen and oxygen atoms in total. The lowest BCUT2D eigenvalue weighted by atomic mass is 9.88. The second-order valence-electron chi connectivity index (χ2n) is 13.0. The van der Waals surface area contributed by atoms with Crippen LogP contribution in [0.4, 0.5) is 0 Å². The lowest BCUT2D eigenvalue weighted by molar-refractivity contribution is 0.311. The number of hydrogen-bond donors (Lipinski definition) is 1. The summed E-state index contributed by atoms with van der Waals surface area (Å²) < 4.78 is 19.7. The molecule has 5 aromatic heterocycles. The molecule has 2 bridgehead atoms. The Kier molecular flexibility index (Phi) is 9.60. The van der Waals surface area contributed by atoms with Crippen LogP contribution in [-0.2, 0) is 6.54 Å². The van der Waals surface area contributed by atoms with Crippen LogP contribution in [0.15, 0.2) is 104 Å². The van der Waals surface area contributed by atoms with Crippen LogP contribution in [0.25, 0.3) is 33.0 Å². The van der Waals surface area contributed by atoms with E-state index in [0.717, 1.165) is 52.8 Å². The minimum Gasteiger partial charge on any atom is -0.576 e. The SMILES string of the molecule is C1=CC2CC1CC2CCCCCCNCc1ccc([O][Al]([O]c2ccnc3cccnc23)[O]c2ccnc3cccnc23)c2ncccc12. The summed E-state index contributed by atoms with van der Waals surface area (Å²) in [7, 11) is 0. The Morgan fingerprint density at radius 2 is 1.27 bits per heavy atom. The van der Waals surface area contributed by atoms with Gasteiger partial charge in [-0.2, -0.15) is 0 Å². The highest BCUT2D eigenvalue weighted by Gasteiger charge is 2.46. The normalized spacial score (nSPS) is 18.0. The summed E-state index contributed by atoms with van der Waals surface area (Å²) in [4.78, 5) is 22.6. The van der Waals surface area contributed by atoms with Gasteiger partial charge in [0.25, 0.3) is 0 Å². The fourth-order valence-corrected chi connectivity index (χ4v) is 8.74. The van der Waals surface area contributed by atoms with E-state index in [2.05, 4.69) is 49.5 Å². The van der Waals surface area contributed by atoms with Gasteiger partial charge in [0, 0.05) is 42.9 Å². The first-order valence-electron chi connectivity index (χ1n) is 17.4. The molecule has 1 N–H and O–H groups in total. The van der Waals surface area contributed by atoms with Crippen LogP contribution in [0, 0.1) is 17.8 Å². The first-order valence-corrected chi connectivity index (χ1v) is 18.8. The third-order valence-electron chi connectivity index (χ3n) is 9.82. The highest BCUT2D eigenvalue weighted by Crippen LogP contribution is 2.45. The molecule has 0 spiro atoms. The molecule has 0 aliphatic heterocycles. The van der Waals surface area contributed by atoms with Crippen molar-refractivity contribution in [1.82, 2.24) is 30.2 Å². The lowest BCUT2D eigenvalue weighted by Crippen LogP contribution is -2.37. The number of nitrogens with zero attached hydrogens (tertiary/aromatic N) is 5. The van der Waals surface area contributed by atoms with E-state index in [9.17, 15) is 0 Å². The van der Waals surface area contributed by atoms with Gasteiger partial charge in [0.1, 0.15) is 33.8 Å². The zero-order valence-electron chi connectivity index (χ0n) is 27.4.